The number of anilines is 1. The maximum Gasteiger partial charge on any atom is 0.181 e. The second-order valence-corrected chi connectivity index (χ2v) is 4.57. The van der Waals surface area contributed by atoms with Crippen molar-refractivity contribution in [2.24, 2.45) is 5.14 Å². The predicted molar refractivity (Wildman–Crippen MR) is 83.9 cm³/mol. The lowest BCUT2D eigenvalue weighted by Gasteiger charge is -2.11. The number of nitrogens with zero attached hydrogens (tertiary/aromatic N) is 1. The van der Waals surface area contributed by atoms with E-state index in [4.69, 9.17) is 19.3 Å². The summed E-state index contributed by atoms with van der Waals surface area (Å²) in [6.07, 6.45) is 0. The van der Waals surface area contributed by atoms with Crippen LogP contribution in [-0.2, 0) is 6.54 Å². The molecule has 0 bridgehead atoms. The van der Waals surface area contributed by atoms with Gasteiger partial charge in [0.05, 0.1) is 18.7 Å². The molecule has 6 heteroatoms. The number of rotatable bonds is 6. The van der Waals surface area contributed by atoms with Gasteiger partial charge < -0.3 is 14.2 Å². The molecule has 0 unspecified atom stereocenters. The Kier molecular flexibility index (Phi) is 5.32. The highest BCUT2D eigenvalue weighted by Crippen LogP contribution is 2.29. The van der Waals surface area contributed by atoms with Gasteiger partial charge in [-0.25, -0.2) is 5.14 Å². The fourth-order valence-electron chi connectivity index (χ4n) is 1.81. The van der Waals surface area contributed by atoms with Gasteiger partial charge in [-0.2, -0.15) is 5.26 Å². The lowest BCUT2D eigenvalue weighted by molar-refractivity contribution is 0.399. The molecule has 2 rings (SSSR count). The van der Waals surface area contributed by atoms with Crippen LogP contribution in [0.1, 0.15) is 11.1 Å². The maximum absolute atomic E-state index is 8.76. The molecule has 3 N–H and O–H groups in total. The van der Waals surface area contributed by atoms with E-state index in [0.717, 1.165) is 23.5 Å². The normalized spacial score (nSPS) is 9.76. The molecule has 0 amide bonds. The zero-order valence-electron chi connectivity index (χ0n) is 11.5. The summed E-state index contributed by atoms with van der Waals surface area (Å²) in [5, 5.41) is 17.3. The molecule has 2 aromatic carbocycles. The number of benzene rings is 2. The molecule has 0 aliphatic rings. The van der Waals surface area contributed by atoms with Crippen LogP contribution in [0.5, 0.6) is 11.5 Å². The summed E-state index contributed by atoms with van der Waals surface area (Å²) in [6.45, 7) is 0.637. The van der Waals surface area contributed by atoms with E-state index in [1.54, 1.807) is 19.2 Å². The smallest absolute Gasteiger partial charge is 0.181 e. The molecule has 0 saturated carbocycles. The number of nitrogens with two attached hydrogens (primary N) is 1. The van der Waals surface area contributed by atoms with Gasteiger partial charge >= 0.3 is 0 Å². The SMILES string of the molecule is COc1cc(CNc2ccc(C#N)cc2)ccc1OSN. The molecule has 5 nitrogen and oxygen atoms in total. The molecule has 0 aliphatic heterocycles. The highest BCUT2D eigenvalue weighted by molar-refractivity contribution is 7.92. The van der Waals surface area contributed by atoms with Crippen molar-refractivity contribution < 1.29 is 8.92 Å². The Morgan fingerprint density at radius 2 is 1.95 bits per heavy atom. The second kappa shape index (κ2) is 7.43. The first kappa shape index (κ1) is 15.0. The van der Waals surface area contributed by atoms with E-state index in [0.29, 0.717) is 23.6 Å². The third-order valence-corrected chi connectivity index (χ3v) is 3.15. The predicted octanol–water partition coefficient (Wildman–Crippen LogP) is 3.08. The third-order valence-electron chi connectivity index (χ3n) is 2.88. The number of nitrogens with one attached hydrogen (secondary N) is 1. The Bertz CT molecular complexity index is 638. The zero-order chi connectivity index (χ0) is 15.1. The van der Waals surface area contributed by atoms with Crippen LogP contribution >= 0.6 is 12.2 Å². The monoisotopic (exact) mass is 301 g/mol. The fraction of sp³-hybridized carbons (Fsp3) is 0.133. The van der Waals surface area contributed by atoms with Gasteiger partial charge in [0.2, 0.25) is 0 Å². The van der Waals surface area contributed by atoms with Crippen LogP contribution in [0, 0.1) is 11.3 Å². The minimum absolute atomic E-state index is 0.590. The van der Waals surface area contributed by atoms with Crippen molar-refractivity contribution in [3.05, 3.63) is 53.6 Å². The lowest BCUT2D eigenvalue weighted by Crippen LogP contribution is -2.00. The van der Waals surface area contributed by atoms with Crippen LogP contribution in [0.4, 0.5) is 5.69 Å². The molecule has 0 spiro atoms. The Balaban J connectivity index is 2.04. The lowest BCUT2D eigenvalue weighted by atomic mass is 10.2. The summed E-state index contributed by atoms with van der Waals surface area (Å²) in [6, 6.07) is 15.0. The molecule has 0 aliphatic carbocycles. The van der Waals surface area contributed by atoms with Gasteiger partial charge in [0.25, 0.3) is 0 Å². The molecule has 0 heterocycles. The van der Waals surface area contributed by atoms with Gasteiger partial charge in [-0.15, -0.1) is 0 Å². The highest BCUT2D eigenvalue weighted by atomic mass is 32.2. The summed E-state index contributed by atoms with van der Waals surface area (Å²) in [7, 11) is 1.58. The fourth-order valence-corrected chi connectivity index (χ4v) is 2.05. The Labute approximate surface area is 128 Å². The molecule has 0 saturated heterocycles. The van der Waals surface area contributed by atoms with Gasteiger partial charge in [-0.05, 0) is 42.0 Å². The molecule has 0 radical (unpaired) electrons. The molecule has 108 valence electrons. The standard InChI is InChI=1S/C15H15N3O2S/c1-19-15-8-12(4-7-14(15)20-21-17)10-18-13-5-2-11(9-16)3-6-13/h2-8,18H,10,17H2,1H3. The van der Waals surface area contributed by atoms with Gasteiger partial charge in [-0.1, -0.05) is 6.07 Å². The first-order valence-electron chi connectivity index (χ1n) is 6.21. The first-order chi connectivity index (χ1) is 10.3. The van der Waals surface area contributed by atoms with E-state index in [2.05, 4.69) is 11.4 Å². The van der Waals surface area contributed by atoms with Crippen molar-refractivity contribution in [2.45, 2.75) is 6.54 Å². The average Bonchev–Trinajstić information content (AvgIpc) is 2.54. The van der Waals surface area contributed by atoms with Crippen LogP contribution in [0.3, 0.4) is 0 Å². The van der Waals surface area contributed by atoms with Crippen LogP contribution in [0.25, 0.3) is 0 Å². The maximum atomic E-state index is 8.76. The number of hydrogen-bond donors (Lipinski definition) is 2. The Morgan fingerprint density at radius 3 is 2.57 bits per heavy atom. The number of nitriles is 1. The van der Waals surface area contributed by atoms with Crippen molar-refractivity contribution in [1.82, 2.24) is 0 Å². The van der Waals surface area contributed by atoms with Crippen LogP contribution < -0.4 is 19.4 Å². The molecular weight excluding hydrogens is 286 g/mol. The van der Waals surface area contributed by atoms with E-state index in [-0.39, 0.29) is 0 Å². The molecule has 0 aromatic heterocycles. The molecule has 0 fully saturated rings. The van der Waals surface area contributed by atoms with Gasteiger partial charge in [-0.3, -0.25) is 0 Å². The van der Waals surface area contributed by atoms with Gasteiger partial charge in [0, 0.05) is 12.2 Å². The quantitative estimate of drug-likeness (QED) is 0.630. The Morgan fingerprint density at radius 1 is 1.19 bits per heavy atom. The summed E-state index contributed by atoms with van der Waals surface area (Å²) in [5.74, 6) is 1.22. The number of hydrogen-bond acceptors (Lipinski definition) is 6. The summed E-state index contributed by atoms with van der Waals surface area (Å²) in [5.41, 5.74) is 2.64. The first-order valence-corrected chi connectivity index (χ1v) is 7.01. The van der Waals surface area contributed by atoms with Crippen LogP contribution in [0.15, 0.2) is 42.5 Å². The largest absolute Gasteiger partial charge is 0.493 e. The van der Waals surface area contributed by atoms with E-state index >= 15 is 0 Å². The summed E-state index contributed by atoms with van der Waals surface area (Å²) in [4.78, 5) is 0. The van der Waals surface area contributed by atoms with Crippen molar-refractivity contribution in [3.63, 3.8) is 0 Å². The Hall–Kier alpha value is -2.36. The van der Waals surface area contributed by atoms with Gasteiger partial charge in [0.15, 0.2) is 11.5 Å². The van der Waals surface area contributed by atoms with Crippen LogP contribution in [0.2, 0.25) is 0 Å². The van der Waals surface area contributed by atoms with Crippen LogP contribution in [-0.4, -0.2) is 7.11 Å². The third kappa shape index (κ3) is 4.05. The van der Waals surface area contributed by atoms with Crippen molar-refractivity contribution in [2.75, 3.05) is 12.4 Å². The topological polar surface area (TPSA) is 80.3 Å². The van der Waals surface area contributed by atoms with E-state index in [1.165, 1.54) is 0 Å². The summed E-state index contributed by atoms with van der Waals surface area (Å²) < 4.78 is 10.5. The zero-order valence-corrected chi connectivity index (χ0v) is 12.3. The highest BCUT2D eigenvalue weighted by Gasteiger charge is 2.06. The molecule has 21 heavy (non-hydrogen) atoms. The van der Waals surface area contributed by atoms with E-state index in [1.807, 2.05) is 30.3 Å². The molecular formula is C15H15N3O2S. The number of methoxy groups -OCH3 is 1. The number of ether oxygens (including phenoxy) is 1. The molecule has 2 aromatic rings. The van der Waals surface area contributed by atoms with Crippen molar-refractivity contribution in [1.29, 1.82) is 5.26 Å². The summed E-state index contributed by atoms with van der Waals surface area (Å²) >= 11 is 0.782. The van der Waals surface area contributed by atoms with E-state index < -0.39 is 0 Å². The van der Waals surface area contributed by atoms with Crippen molar-refractivity contribution >= 4 is 17.9 Å². The minimum atomic E-state index is 0.590. The molecule has 0 atom stereocenters. The van der Waals surface area contributed by atoms with Gasteiger partial charge in [0.1, 0.15) is 12.2 Å². The van der Waals surface area contributed by atoms with E-state index in [9.17, 15) is 0 Å². The van der Waals surface area contributed by atoms with Crippen molar-refractivity contribution in [3.8, 4) is 17.6 Å². The second-order valence-electron chi connectivity index (χ2n) is 4.21. The average molecular weight is 301 g/mol. The minimum Gasteiger partial charge on any atom is -0.493 e.